The van der Waals surface area contributed by atoms with Gasteiger partial charge in [-0.15, -0.1) is 0 Å². The first-order valence-corrected chi connectivity index (χ1v) is 8.73. The Morgan fingerprint density at radius 3 is 2.77 bits per heavy atom. The van der Waals surface area contributed by atoms with Crippen LogP contribution in [0.15, 0.2) is 18.2 Å². The van der Waals surface area contributed by atoms with Gasteiger partial charge in [0.05, 0.1) is 17.9 Å². The summed E-state index contributed by atoms with van der Waals surface area (Å²) in [6, 6.07) is 7.50. The summed E-state index contributed by atoms with van der Waals surface area (Å²) < 4.78 is 40.5. The van der Waals surface area contributed by atoms with Crippen molar-refractivity contribution in [1.82, 2.24) is 0 Å². The molecule has 7 heteroatoms. The molecule has 0 bridgehead atoms. The Kier molecular flexibility index (Phi) is 3.54. The summed E-state index contributed by atoms with van der Waals surface area (Å²) in [7, 11) is -1.88. The van der Waals surface area contributed by atoms with E-state index in [-0.39, 0.29) is 19.2 Å². The van der Waals surface area contributed by atoms with Gasteiger partial charge in [-0.05, 0) is 17.7 Å². The van der Waals surface area contributed by atoms with Gasteiger partial charge < -0.3 is 14.2 Å². The molecule has 1 aromatic carbocycles. The van der Waals surface area contributed by atoms with Gasteiger partial charge in [-0.3, -0.25) is 0 Å². The molecule has 0 unspecified atom stereocenters. The largest absolute Gasteiger partial charge is 0.454 e. The highest BCUT2D eigenvalue weighted by atomic mass is 32.2. The highest BCUT2D eigenvalue weighted by molar-refractivity contribution is 7.92. The van der Waals surface area contributed by atoms with Gasteiger partial charge in [-0.2, -0.15) is 5.26 Å². The number of ether oxygens (including phenoxy) is 3. The maximum absolute atomic E-state index is 12.4. The molecule has 22 heavy (non-hydrogen) atoms. The van der Waals surface area contributed by atoms with E-state index in [1.165, 1.54) is 7.11 Å². The summed E-state index contributed by atoms with van der Waals surface area (Å²) in [5, 5.41) is 8.85. The van der Waals surface area contributed by atoms with Crippen LogP contribution >= 0.6 is 0 Å². The molecule has 2 aliphatic rings. The van der Waals surface area contributed by atoms with E-state index in [0.29, 0.717) is 11.5 Å². The van der Waals surface area contributed by atoms with Gasteiger partial charge in [0, 0.05) is 18.8 Å². The van der Waals surface area contributed by atoms with Crippen LogP contribution in [0.2, 0.25) is 0 Å². The number of nitriles is 1. The Morgan fingerprint density at radius 1 is 1.41 bits per heavy atom. The van der Waals surface area contributed by atoms with E-state index < -0.39 is 26.4 Å². The highest BCUT2D eigenvalue weighted by Gasteiger charge is 2.71. The minimum absolute atomic E-state index is 0.00582. The van der Waals surface area contributed by atoms with Gasteiger partial charge >= 0.3 is 0 Å². The molecule has 0 aromatic heterocycles. The zero-order valence-electron chi connectivity index (χ0n) is 12.4. The average molecular weight is 323 g/mol. The maximum atomic E-state index is 12.4. The standard InChI is InChI=1S/C15H17NO5S/c1-3-22(17,18)14-13(15(14,7-16)8-19-2)10-4-5-11-12(6-10)21-9-20-11/h4-6,13-14H,3,8-9H2,1-2H3/t13-,14-,15-/m1/s1. The van der Waals surface area contributed by atoms with Crippen molar-refractivity contribution in [2.24, 2.45) is 5.41 Å². The summed E-state index contributed by atoms with van der Waals surface area (Å²) in [6.45, 7) is 1.84. The third-order valence-electron chi connectivity index (χ3n) is 4.39. The van der Waals surface area contributed by atoms with E-state index in [2.05, 4.69) is 6.07 Å². The van der Waals surface area contributed by atoms with Gasteiger partial charge in [-0.25, -0.2) is 8.42 Å². The third-order valence-corrected chi connectivity index (χ3v) is 6.66. The molecule has 118 valence electrons. The van der Waals surface area contributed by atoms with Crippen molar-refractivity contribution in [3.05, 3.63) is 23.8 Å². The van der Waals surface area contributed by atoms with Gasteiger partial charge in [0.25, 0.3) is 0 Å². The molecular formula is C15H17NO5S. The third kappa shape index (κ3) is 2.06. The fourth-order valence-corrected chi connectivity index (χ4v) is 5.27. The first-order valence-electron chi connectivity index (χ1n) is 7.01. The lowest BCUT2D eigenvalue weighted by Crippen LogP contribution is -2.20. The summed E-state index contributed by atoms with van der Waals surface area (Å²) in [5.41, 5.74) is -0.262. The normalized spacial score (nSPS) is 29.1. The Morgan fingerprint density at radius 2 is 2.14 bits per heavy atom. The van der Waals surface area contributed by atoms with Crippen LogP contribution in [0.25, 0.3) is 0 Å². The second-order valence-corrected chi connectivity index (χ2v) is 7.96. The molecule has 1 aliphatic heterocycles. The molecule has 0 radical (unpaired) electrons. The molecule has 0 amide bonds. The van der Waals surface area contributed by atoms with Gasteiger partial charge in [0.1, 0.15) is 5.41 Å². The predicted octanol–water partition coefficient (Wildman–Crippen LogP) is 1.47. The highest BCUT2D eigenvalue weighted by Crippen LogP contribution is 2.63. The van der Waals surface area contributed by atoms with Gasteiger partial charge in [-0.1, -0.05) is 13.0 Å². The van der Waals surface area contributed by atoms with E-state index in [9.17, 15) is 13.7 Å². The molecular weight excluding hydrogens is 306 g/mol. The van der Waals surface area contributed by atoms with Crippen LogP contribution in [0.5, 0.6) is 11.5 Å². The van der Waals surface area contributed by atoms with Crippen LogP contribution in [-0.4, -0.2) is 39.9 Å². The summed E-state index contributed by atoms with van der Waals surface area (Å²) in [5.74, 6) is 0.818. The number of nitrogens with zero attached hydrogens (tertiary/aromatic N) is 1. The Labute approximate surface area is 129 Å². The number of hydrogen-bond donors (Lipinski definition) is 0. The Balaban J connectivity index is 2.03. The van der Waals surface area contributed by atoms with Crippen molar-refractivity contribution in [1.29, 1.82) is 5.26 Å². The first kappa shape index (κ1) is 15.1. The van der Waals surface area contributed by atoms with Crippen molar-refractivity contribution >= 4 is 9.84 Å². The fourth-order valence-electron chi connectivity index (χ4n) is 3.27. The Hall–Kier alpha value is -1.78. The number of fused-ring (bicyclic) bond motifs is 1. The van der Waals surface area contributed by atoms with Crippen LogP contribution < -0.4 is 9.47 Å². The molecule has 3 atom stereocenters. The summed E-state index contributed by atoms with van der Waals surface area (Å²) in [4.78, 5) is 0. The predicted molar refractivity (Wildman–Crippen MR) is 78.5 cm³/mol. The monoisotopic (exact) mass is 323 g/mol. The summed E-state index contributed by atoms with van der Waals surface area (Å²) >= 11 is 0. The molecule has 0 saturated heterocycles. The SMILES string of the molecule is CCS(=O)(=O)[C@@H]1[C@@H](c2ccc3c(c2)OCO3)[C@@]1(C#N)COC. The molecule has 1 aliphatic carbocycles. The molecule has 1 saturated carbocycles. The van der Waals surface area contributed by atoms with E-state index in [0.717, 1.165) is 5.56 Å². The van der Waals surface area contributed by atoms with Crippen molar-refractivity contribution in [3.8, 4) is 17.6 Å². The molecule has 0 N–H and O–H groups in total. The second-order valence-electron chi connectivity index (χ2n) is 5.55. The number of sulfone groups is 1. The molecule has 1 fully saturated rings. The van der Waals surface area contributed by atoms with Crippen LogP contribution in [0.3, 0.4) is 0 Å². The van der Waals surface area contributed by atoms with E-state index in [4.69, 9.17) is 14.2 Å². The molecule has 0 spiro atoms. The maximum Gasteiger partial charge on any atom is 0.231 e. The van der Waals surface area contributed by atoms with E-state index in [1.807, 2.05) is 0 Å². The number of rotatable bonds is 5. The first-order chi connectivity index (χ1) is 10.5. The smallest absolute Gasteiger partial charge is 0.231 e. The fraction of sp³-hybridized carbons (Fsp3) is 0.533. The molecule has 3 rings (SSSR count). The summed E-state index contributed by atoms with van der Waals surface area (Å²) in [6.07, 6.45) is 0. The van der Waals surface area contributed by atoms with Crippen molar-refractivity contribution in [2.45, 2.75) is 18.1 Å². The molecule has 1 aromatic rings. The quantitative estimate of drug-likeness (QED) is 0.816. The van der Waals surface area contributed by atoms with Crippen LogP contribution in [0, 0.1) is 16.7 Å². The van der Waals surface area contributed by atoms with E-state index in [1.54, 1.807) is 25.1 Å². The minimum atomic E-state index is -3.35. The second kappa shape index (κ2) is 5.14. The molecule has 1 heterocycles. The lowest BCUT2D eigenvalue weighted by molar-refractivity contribution is 0.162. The zero-order chi connectivity index (χ0) is 16.0. The lowest BCUT2D eigenvalue weighted by atomic mass is 10.0. The topological polar surface area (TPSA) is 85.6 Å². The number of benzene rings is 1. The van der Waals surface area contributed by atoms with E-state index >= 15 is 0 Å². The Bertz CT molecular complexity index is 739. The van der Waals surface area contributed by atoms with Crippen molar-refractivity contribution in [3.63, 3.8) is 0 Å². The van der Waals surface area contributed by atoms with Crippen LogP contribution in [0.4, 0.5) is 0 Å². The van der Waals surface area contributed by atoms with Crippen molar-refractivity contribution in [2.75, 3.05) is 26.3 Å². The minimum Gasteiger partial charge on any atom is -0.454 e. The van der Waals surface area contributed by atoms with Gasteiger partial charge in [0.2, 0.25) is 6.79 Å². The average Bonchev–Trinajstić information content (AvgIpc) is 2.96. The lowest BCUT2D eigenvalue weighted by Gasteiger charge is -2.07. The van der Waals surface area contributed by atoms with Crippen molar-refractivity contribution < 1.29 is 22.6 Å². The zero-order valence-corrected chi connectivity index (χ0v) is 13.2. The van der Waals surface area contributed by atoms with Gasteiger partial charge in [0.15, 0.2) is 21.3 Å². The van der Waals surface area contributed by atoms with Crippen LogP contribution in [-0.2, 0) is 14.6 Å². The number of methoxy groups -OCH3 is 1. The molecule has 6 nitrogen and oxygen atoms in total. The number of hydrogen-bond acceptors (Lipinski definition) is 6. The van der Waals surface area contributed by atoms with Crippen LogP contribution in [0.1, 0.15) is 18.4 Å².